The highest BCUT2D eigenvalue weighted by atomic mass is 32.2. The predicted octanol–water partition coefficient (Wildman–Crippen LogP) is 4.33. The molecule has 0 aromatic heterocycles. The van der Waals surface area contributed by atoms with Gasteiger partial charge in [-0.1, -0.05) is 36.4 Å². The van der Waals surface area contributed by atoms with E-state index in [1.54, 1.807) is 5.56 Å². The lowest BCUT2D eigenvalue weighted by Crippen LogP contribution is -2.33. The second kappa shape index (κ2) is 5.17. The third kappa shape index (κ3) is 2.12. The first kappa shape index (κ1) is 12.3. The Bertz CT molecular complexity index is 622. The van der Waals surface area contributed by atoms with Crippen LogP contribution < -0.4 is 4.90 Å². The summed E-state index contributed by atoms with van der Waals surface area (Å²) in [5.41, 5.74) is 4.55. The van der Waals surface area contributed by atoms with Gasteiger partial charge in [-0.3, -0.25) is 0 Å². The van der Waals surface area contributed by atoms with E-state index in [1.807, 2.05) is 11.8 Å². The summed E-state index contributed by atoms with van der Waals surface area (Å²) in [4.78, 5) is 4.09. The van der Waals surface area contributed by atoms with Crippen molar-refractivity contribution < 1.29 is 0 Å². The molecule has 2 aromatic rings. The van der Waals surface area contributed by atoms with Crippen molar-refractivity contribution >= 4 is 17.4 Å². The molecule has 1 nitrogen and oxygen atoms in total. The highest BCUT2D eigenvalue weighted by Crippen LogP contribution is 2.40. The monoisotopic (exact) mass is 281 g/mol. The summed E-state index contributed by atoms with van der Waals surface area (Å²) in [7, 11) is 0. The molecule has 0 radical (unpaired) electrons. The van der Waals surface area contributed by atoms with Gasteiger partial charge < -0.3 is 4.90 Å². The first-order valence-electron chi connectivity index (χ1n) is 7.46. The third-order valence-electron chi connectivity index (χ3n) is 4.45. The van der Waals surface area contributed by atoms with Crippen molar-refractivity contribution in [3.63, 3.8) is 0 Å². The minimum Gasteiger partial charge on any atom is -0.371 e. The van der Waals surface area contributed by atoms with Gasteiger partial charge in [-0.15, -0.1) is 11.8 Å². The average molecular weight is 281 g/mol. The van der Waals surface area contributed by atoms with Gasteiger partial charge in [-0.25, -0.2) is 0 Å². The maximum absolute atomic E-state index is 2.60. The SMILES string of the molecule is c1ccc2c(c1)CCCN2CC1CSc2ccccc21. The molecule has 0 spiro atoms. The molecule has 0 saturated carbocycles. The van der Waals surface area contributed by atoms with Gasteiger partial charge >= 0.3 is 0 Å². The first-order chi connectivity index (χ1) is 9.92. The summed E-state index contributed by atoms with van der Waals surface area (Å²) in [5, 5.41) is 0. The average Bonchev–Trinajstić information content (AvgIpc) is 2.91. The fourth-order valence-electron chi connectivity index (χ4n) is 3.45. The quantitative estimate of drug-likeness (QED) is 0.806. The van der Waals surface area contributed by atoms with Crippen LogP contribution in [0.25, 0.3) is 0 Å². The normalized spacial score (nSPS) is 20.6. The Morgan fingerprint density at radius 3 is 2.90 bits per heavy atom. The number of para-hydroxylation sites is 1. The first-order valence-corrected chi connectivity index (χ1v) is 8.45. The van der Waals surface area contributed by atoms with E-state index in [1.165, 1.54) is 47.8 Å². The van der Waals surface area contributed by atoms with Crippen molar-refractivity contribution in [3.8, 4) is 0 Å². The van der Waals surface area contributed by atoms with E-state index in [2.05, 4.69) is 53.4 Å². The Kier molecular flexibility index (Phi) is 3.19. The van der Waals surface area contributed by atoms with Gasteiger partial charge in [0.2, 0.25) is 0 Å². The predicted molar refractivity (Wildman–Crippen MR) is 86.9 cm³/mol. The molecule has 2 aliphatic rings. The Labute approximate surface area is 125 Å². The van der Waals surface area contributed by atoms with E-state index in [0.29, 0.717) is 5.92 Å². The van der Waals surface area contributed by atoms with Gasteiger partial charge in [0, 0.05) is 35.3 Å². The Balaban J connectivity index is 1.59. The maximum Gasteiger partial charge on any atom is 0.0398 e. The number of thioether (sulfide) groups is 1. The van der Waals surface area contributed by atoms with Crippen LogP contribution in [0.15, 0.2) is 53.4 Å². The molecule has 20 heavy (non-hydrogen) atoms. The highest BCUT2D eigenvalue weighted by Gasteiger charge is 2.26. The largest absolute Gasteiger partial charge is 0.371 e. The van der Waals surface area contributed by atoms with Crippen LogP contribution in [0.2, 0.25) is 0 Å². The number of fused-ring (bicyclic) bond motifs is 2. The van der Waals surface area contributed by atoms with Crippen molar-refractivity contribution in [1.29, 1.82) is 0 Å². The van der Waals surface area contributed by atoms with Crippen LogP contribution in [-0.2, 0) is 6.42 Å². The lowest BCUT2D eigenvalue weighted by Gasteiger charge is -2.33. The zero-order chi connectivity index (χ0) is 13.4. The zero-order valence-corrected chi connectivity index (χ0v) is 12.4. The molecular weight excluding hydrogens is 262 g/mol. The molecular formula is C18H19NS. The summed E-state index contributed by atoms with van der Waals surface area (Å²) in [5.74, 6) is 1.92. The standard InChI is InChI=1S/C18H19NS/c1-3-9-17-14(6-1)7-5-11-19(17)12-15-13-20-18-10-4-2-8-16(15)18/h1-4,6,8-10,15H,5,7,11-13H2. The topological polar surface area (TPSA) is 3.24 Å². The molecule has 0 saturated heterocycles. The van der Waals surface area contributed by atoms with Crippen molar-refractivity contribution in [3.05, 3.63) is 59.7 Å². The summed E-state index contributed by atoms with van der Waals surface area (Å²) < 4.78 is 0. The van der Waals surface area contributed by atoms with Crippen LogP contribution in [0.1, 0.15) is 23.5 Å². The Morgan fingerprint density at radius 2 is 1.90 bits per heavy atom. The van der Waals surface area contributed by atoms with Crippen LogP contribution in [0.3, 0.4) is 0 Å². The number of hydrogen-bond acceptors (Lipinski definition) is 2. The fraction of sp³-hybridized carbons (Fsp3) is 0.333. The number of benzene rings is 2. The van der Waals surface area contributed by atoms with Gasteiger partial charge in [0.15, 0.2) is 0 Å². The second-order valence-electron chi connectivity index (χ2n) is 5.72. The molecule has 2 aromatic carbocycles. The minimum atomic E-state index is 0.683. The van der Waals surface area contributed by atoms with Gasteiger partial charge in [0.25, 0.3) is 0 Å². The minimum absolute atomic E-state index is 0.683. The number of nitrogens with zero attached hydrogens (tertiary/aromatic N) is 1. The maximum atomic E-state index is 2.60. The summed E-state index contributed by atoms with van der Waals surface area (Å²) >= 11 is 2.02. The molecule has 2 aliphatic heterocycles. The fourth-order valence-corrected chi connectivity index (χ4v) is 4.69. The van der Waals surface area contributed by atoms with E-state index in [-0.39, 0.29) is 0 Å². The Morgan fingerprint density at radius 1 is 1.05 bits per heavy atom. The highest BCUT2D eigenvalue weighted by molar-refractivity contribution is 7.99. The zero-order valence-electron chi connectivity index (χ0n) is 11.6. The molecule has 2 heterocycles. The molecule has 102 valence electrons. The van der Waals surface area contributed by atoms with Crippen molar-refractivity contribution in [1.82, 2.24) is 0 Å². The van der Waals surface area contributed by atoms with Crippen LogP contribution in [0.4, 0.5) is 5.69 Å². The molecule has 1 atom stereocenters. The Hall–Kier alpha value is -1.41. The lowest BCUT2D eigenvalue weighted by atomic mass is 9.97. The van der Waals surface area contributed by atoms with Crippen molar-refractivity contribution in [2.24, 2.45) is 0 Å². The lowest BCUT2D eigenvalue weighted by molar-refractivity contribution is 0.644. The van der Waals surface area contributed by atoms with Gasteiger partial charge in [-0.05, 0) is 36.1 Å². The van der Waals surface area contributed by atoms with Crippen LogP contribution >= 0.6 is 11.8 Å². The molecule has 0 bridgehead atoms. The number of aryl methyl sites for hydroxylation is 1. The van der Waals surface area contributed by atoms with Crippen molar-refractivity contribution in [2.75, 3.05) is 23.7 Å². The number of rotatable bonds is 2. The number of hydrogen-bond donors (Lipinski definition) is 0. The smallest absolute Gasteiger partial charge is 0.0398 e. The van der Waals surface area contributed by atoms with E-state index in [0.717, 1.165) is 0 Å². The third-order valence-corrected chi connectivity index (χ3v) is 5.70. The van der Waals surface area contributed by atoms with Crippen LogP contribution in [-0.4, -0.2) is 18.8 Å². The number of anilines is 1. The molecule has 2 heteroatoms. The van der Waals surface area contributed by atoms with Crippen molar-refractivity contribution in [2.45, 2.75) is 23.7 Å². The van der Waals surface area contributed by atoms with Gasteiger partial charge in [0.05, 0.1) is 0 Å². The molecule has 4 rings (SSSR count). The molecule has 0 fully saturated rings. The molecule has 0 N–H and O–H groups in total. The summed E-state index contributed by atoms with van der Waals surface area (Å²) in [6.07, 6.45) is 2.53. The van der Waals surface area contributed by atoms with E-state index >= 15 is 0 Å². The summed E-state index contributed by atoms with van der Waals surface area (Å²) in [6.45, 7) is 2.38. The van der Waals surface area contributed by atoms with Gasteiger partial charge in [-0.2, -0.15) is 0 Å². The van der Waals surface area contributed by atoms with E-state index in [4.69, 9.17) is 0 Å². The van der Waals surface area contributed by atoms with Crippen LogP contribution in [0, 0.1) is 0 Å². The summed E-state index contributed by atoms with van der Waals surface area (Å²) in [6, 6.07) is 17.9. The van der Waals surface area contributed by atoms with Gasteiger partial charge in [0.1, 0.15) is 0 Å². The van der Waals surface area contributed by atoms with E-state index < -0.39 is 0 Å². The second-order valence-corrected chi connectivity index (χ2v) is 6.79. The molecule has 0 amide bonds. The van der Waals surface area contributed by atoms with E-state index in [9.17, 15) is 0 Å². The molecule has 0 aliphatic carbocycles. The molecule has 1 unspecified atom stereocenters. The van der Waals surface area contributed by atoms with Crippen LogP contribution in [0.5, 0.6) is 0 Å².